The van der Waals surface area contributed by atoms with Gasteiger partial charge in [-0.15, -0.1) is 0 Å². The Hall–Kier alpha value is -2.87. The van der Waals surface area contributed by atoms with Gasteiger partial charge < -0.3 is 4.90 Å². The molecule has 1 aromatic carbocycles. The molecule has 5 nitrogen and oxygen atoms in total. The van der Waals surface area contributed by atoms with E-state index in [0.717, 1.165) is 36.1 Å². The minimum absolute atomic E-state index is 0.0520. The Kier molecular flexibility index (Phi) is 3.66. The van der Waals surface area contributed by atoms with Gasteiger partial charge in [-0.2, -0.15) is 5.26 Å². The normalized spacial score (nSPS) is 19.2. The molecule has 0 saturated carbocycles. The highest BCUT2D eigenvalue weighted by Gasteiger charge is 2.36. The predicted molar refractivity (Wildman–Crippen MR) is 91.1 cm³/mol. The number of amides is 1. The van der Waals surface area contributed by atoms with Crippen molar-refractivity contribution >= 4 is 11.6 Å². The molecule has 0 bridgehead atoms. The highest BCUT2D eigenvalue weighted by atomic mass is 16.2. The lowest BCUT2D eigenvalue weighted by Crippen LogP contribution is -2.43. The summed E-state index contributed by atoms with van der Waals surface area (Å²) in [7, 11) is 0. The lowest BCUT2D eigenvalue weighted by molar-refractivity contribution is -0.121. The van der Waals surface area contributed by atoms with Gasteiger partial charge in [-0.25, -0.2) is 0 Å². The number of benzene rings is 1. The molecule has 0 radical (unpaired) electrons. The summed E-state index contributed by atoms with van der Waals surface area (Å²) in [6, 6.07) is 9.75. The largest absolute Gasteiger partial charge is 0.310 e. The van der Waals surface area contributed by atoms with Crippen LogP contribution in [-0.4, -0.2) is 34.9 Å². The van der Waals surface area contributed by atoms with Crippen LogP contribution in [0.2, 0.25) is 0 Å². The molecule has 0 unspecified atom stereocenters. The van der Waals surface area contributed by atoms with Crippen molar-refractivity contribution in [1.29, 1.82) is 5.26 Å². The quantitative estimate of drug-likeness (QED) is 0.799. The van der Waals surface area contributed by atoms with Crippen molar-refractivity contribution in [2.24, 2.45) is 0 Å². The molecule has 1 amide bonds. The molecule has 0 N–H and O–H groups in total. The van der Waals surface area contributed by atoms with Gasteiger partial charge in [0.25, 0.3) is 0 Å². The van der Waals surface area contributed by atoms with E-state index >= 15 is 0 Å². The van der Waals surface area contributed by atoms with Gasteiger partial charge in [-0.3, -0.25) is 14.7 Å². The van der Waals surface area contributed by atoms with E-state index in [1.54, 1.807) is 11.1 Å². The smallest absolute Gasteiger partial charge is 0.250 e. The molecule has 2 aliphatic heterocycles. The maximum absolute atomic E-state index is 12.9. The summed E-state index contributed by atoms with van der Waals surface area (Å²) >= 11 is 0. The van der Waals surface area contributed by atoms with Gasteiger partial charge in [0.15, 0.2) is 6.19 Å². The number of pyridine rings is 1. The van der Waals surface area contributed by atoms with Gasteiger partial charge in [-0.05, 0) is 42.5 Å². The Morgan fingerprint density at radius 3 is 2.96 bits per heavy atom. The standard InChI is InChI=1S/C19H18N4O/c20-13-22-10-3-7-18(22)19(24)23-11-8-16-15(5-1-6-17(16)23)14-4-2-9-21-12-14/h1-2,4-6,9,12,18H,3,7-8,10-11H2/t18-/m0/s1. The van der Waals surface area contributed by atoms with Gasteiger partial charge >= 0.3 is 0 Å². The number of rotatable bonds is 2. The van der Waals surface area contributed by atoms with E-state index in [1.807, 2.05) is 35.4 Å². The van der Waals surface area contributed by atoms with Crippen molar-refractivity contribution < 1.29 is 4.79 Å². The van der Waals surface area contributed by atoms with Crippen LogP contribution >= 0.6 is 0 Å². The fraction of sp³-hybridized carbons (Fsp3) is 0.316. The molecule has 3 heterocycles. The summed E-state index contributed by atoms with van der Waals surface area (Å²) in [5.41, 5.74) is 4.38. The van der Waals surface area contributed by atoms with Crippen LogP contribution in [0, 0.1) is 11.5 Å². The summed E-state index contributed by atoms with van der Waals surface area (Å²) in [6.45, 7) is 1.37. The van der Waals surface area contributed by atoms with Crippen LogP contribution in [0.15, 0.2) is 42.7 Å². The lowest BCUT2D eigenvalue weighted by atomic mass is 9.99. The monoisotopic (exact) mass is 318 g/mol. The van der Waals surface area contributed by atoms with Crippen LogP contribution in [0.25, 0.3) is 11.1 Å². The van der Waals surface area contributed by atoms with Crippen LogP contribution in [0.5, 0.6) is 0 Å². The number of nitrogens with zero attached hydrogens (tertiary/aromatic N) is 4. The molecule has 1 aromatic heterocycles. The zero-order valence-electron chi connectivity index (χ0n) is 13.4. The second-order valence-electron chi connectivity index (χ2n) is 6.24. The summed E-state index contributed by atoms with van der Waals surface area (Å²) in [5, 5.41) is 9.21. The van der Waals surface area contributed by atoms with Gasteiger partial charge in [-0.1, -0.05) is 18.2 Å². The predicted octanol–water partition coefficient (Wildman–Crippen LogP) is 2.58. The van der Waals surface area contributed by atoms with E-state index in [4.69, 9.17) is 0 Å². The molecule has 1 fully saturated rings. The number of hydrogen-bond donors (Lipinski definition) is 0. The number of hydrogen-bond acceptors (Lipinski definition) is 4. The number of carbonyl (C=O) groups excluding carboxylic acids is 1. The van der Waals surface area contributed by atoms with E-state index in [9.17, 15) is 10.1 Å². The molecule has 0 aliphatic carbocycles. The first kappa shape index (κ1) is 14.7. The van der Waals surface area contributed by atoms with Crippen molar-refractivity contribution in [3.63, 3.8) is 0 Å². The molecule has 24 heavy (non-hydrogen) atoms. The molecule has 4 rings (SSSR count). The van der Waals surface area contributed by atoms with Crippen LogP contribution < -0.4 is 4.90 Å². The lowest BCUT2D eigenvalue weighted by Gasteiger charge is -2.25. The van der Waals surface area contributed by atoms with Gasteiger partial charge in [0.05, 0.1) is 0 Å². The molecule has 5 heteroatoms. The maximum Gasteiger partial charge on any atom is 0.250 e. The Morgan fingerprint density at radius 1 is 1.25 bits per heavy atom. The summed E-state index contributed by atoms with van der Waals surface area (Å²) in [4.78, 5) is 20.6. The fourth-order valence-corrected chi connectivity index (χ4v) is 3.78. The third-order valence-electron chi connectivity index (χ3n) is 4.93. The van der Waals surface area contributed by atoms with Crippen molar-refractivity contribution in [3.8, 4) is 17.3 Å². The van der Waals surface area contributed by atoms with Crippen LogP contribution in [0.4, 0.5) is 5.69 Å². The average molecular weight is 318 g/mol. The van der Waals surface area contributed by atoms with Gasteiger partial charge in [0, 0.05) is 36.7 Å². The van der Waals surface area contributed by atoms with Crippen LogP contribution in [0.1, 0.15) is 18.4 Å². The van der Waals surface area contributed by atoms with Gasteiger partial charge in [0.1, 0.15) is 6.04 Å². The molecule has 1 atom stereocenters. The first-order valence-electron chi connectivity index (χ1n) is 8.29. The van der Waals surface area contributed by atoms with Crippen LogP contribution in [0.3, 0.4) is 0 Å². The zero-order chi connectivity index (χ0) is 16.5. The van der Waals surface area contributed by atoms with Crippen molar-refractivity contribution in [2.75, 3.05) is 18.0 Å². The zero-order valence-corrected chi connectivity index (χ0v) is 13.4. The highest BCUT2D eigenvalue weighted by molar-refractivity contribution is 6.00. The third-order valence-corrected chi connectivity index (χ3v) is 4.93. The summed E-state index contributed by atoms with van der Waals surface area (Å²) in [6.07, 6.45) is 8.28. The Labute approximate surface area is 141 Å². The first-order chi connectivity index (χ1) is 11.8. The number of nitriles is 1. The number of aromatic nitrogens is 1. The van der Waals surface area contributed by atoms with Crippen molar-refractivity contribution in [1.82, 2.24) is 9.88 Å². The van der Waals surface area contributed by atoms with E-state index in [1.165, 1.54) is 5.56 Å². The van der Waals surface area contributed by atoms with Crippen molar-refractivity contribution in [3.05, 3.63) is 48.3 Å². The van der Waals surface area contributed by atoms with Gasteiger partial charge in [0.2, 0.25) is 5.91 Å². The average Bonchev–Trinajstić information content (AvgIpc) is 3.28. The SMILES string of the molecule is N#CN1CCC[C@H]1C(=O)N1CCc2c(-c3cccnc3)cccc21. The third kappa shape index (κ3) is 2.31. The van der Waals surface area contributed by atoms with Crippen molar-refractivity contribution in [2.45, 2.75) is 25.3 Å². The number of likely N-dealkylation sites (tertiary alicyclic amines) is 1. The second-order valence-corrected chi connectivity index (χ2v) is 6.24. The molecule has 0 spiro atoms. The second kappa shape index (κ2) is 5.97. The van der Waals surface area contributed by atoms with E-state index in [2.05, 4.69) is 17.2 Å². The van der Waals surface area contributed by atoms with E-state index in [0.29, 0.717) is 13.1 Å². The number of anilines is 1. The minimum atomic E-state index is -0.303. The Balaban J connectivity index is 1.68. The topological polar surface area (TPSA) is 60.2 Å². The number of carbonyl (C=O) groups is 1. The highest BCUT2D eigenvalue weighted by Crippen LogP contribution is 2.37. The van der Waals surface area contributed by atoms with Crippen LogP contribution in [-0.2, 0) is 11.2 Å². The van der Waals surface area contributed by atoms with E-state index in [-0.39, 0.29) is 11.9 Å². The molecule has 2 aliphatic rings. The molecular weight excluding hydrogens is 300 g/mol. The summed E-state index contributed by atoms with van der Waals surface area (Å²) < 4.78 is 0. The molecular formula is C19H18N4O. The molecule has 120 valence electrons. The first-order valence-corrected chi connectivity index (χ1v) is 8.29. The number of fused-ring (bicyclic) bond motifs is 1. The Morgan fingerprint density at radius 2 is 2.17 bits per heavy atom. The van der Waals surface area contributed by atoms with E-state index < -0.39 is 0 Å². The maximum atomic E-state index is 12.9. The minimum Gasteiger partial charge on any atom is -0.310 e. The molecule has 2 aromatic rings. The fourth-order valence-electron chi connectivity index (χ4n) is 3.78. The summed E-state index contributed by atoms with van der Waals surface area (Å²) in [5.74, 6) is 0.0520. The molecule has 1 saturated heterocycles. The Bertz CT molecular complexity index is 812.